The van der Waals surface area contributed by atoms with Crippen LogP contribution in [0.3, 0.4) is 0 Å². The zero-order valence-electron chi connectivity index (χ0n) is 18.8. The number of fused-ring (bicyclic) bond motifs is 2. The number of aromatic nitrogens is 1. The Morgan fingerprint density at radius 2 is 2.06 bits per heavy atom. The highest BCUT2D eigenvalue weighted by Crippen LogP contribution is 2.26. The van der Waals surface area contributed by atoms with E-state index in [9.17, 15) is 9.59 Å². The van der Waals surface area contributed by atoms with Crippen molar-refractivity contribution in [2.45, 2.75) is 45.8 Å². The van der Waals surface area contributed by atoms with Gasteiger partial charge in [0.25, 0.3) is 0 Å². The highest BCUT2D eigenvalue weighted by Gasteiger charge is 2.26. The minimum Gasteiger partial charge on any atom is -0.493 e. The van der Waals surface area contributed by atoms with E-state index in [0.29, 0.717) is 38.3 Å². The van der Waals surface area contributed by atoms with Crippen molar-refractivity contribution in [3.63, 3.8) is 0 Å². The van der Waals surface area contributed by atoms with Crippen molar-refractivity contribution < 1.29 is 19.1 Å². The molecule has 3 amide bonds. The molecule has 0 spiro atoms. The quantitative estimate of drug-likeness (QED) is 0.761. The van der Waals surface area contributed by atoms with Crippen molar-refractivity contribution in [1.29, 1.82) is 0 Å². The molecular formula is C24H30N4O4. The maximum atomic E-state index is 12.4. The van der Waals surface area contributed by atoms with Crippen molar-refractivity contribution in [3.05, 3.63) is 53.3 Å². The molecule has 2 N–H and O–H groups in total. The summed E-state index contributed by atoms with van der Waals surface area (Å²) in [6.45, 7) is 7.63. The van der Waals surface area contributed by atoms with Gasteiger partial charge in [0.05, 0.1) is 25.0 Å². The van der Waals surface area contributed by atoms with Crippen LogP contribution in [0.5, 0.6) is 5.75 Å². The van der Waals surface area contributed by atoms with Gasteiger partial charge in [-0.15, -0.1) is 0 Å². The van der Waals surface area contributed by atoms with E-state index >= 15 is 0 Å². The average molecular weight is 439 g/mol. The Morgan fingerprint density at radius 1 is 1.25 bits per heavy atom. The van der Waals surface area contributed by atoms with Gasteiger partial charge in [-0.1, -0.05) is 18.2 Å². The average Bonchev–Trinajstić information content (AvgIpc) is 2.76. The lowest BCUT2D eigenvalue weighted by molar-refractivity contribution is 0.0222. The van der Waals surface area contributed by atoms with Crippen LogP contribution < -0.4 is 15.4 Å². The van der Waals surface area contributed by atoms with E-state index in [1.165, 1.54) is 5.56 Å². The third-order valence-corrected chi connectivity index (χ3v) is 5.46. The summed E-state index contributed by atoms with van der Waals surface area (Å²) in [5.74, 6) is 1.15. The van der Waals surface area contributed by atoms with Gasteiger partial charge in [-0.3, -0.25) is 4.98 Å². The number of hydrogen-bond donors (Lipinski definition) is 2. The topological polar surface area (TPSA) is 92.8 Å². The van der Waals surface area contributed by atoms with Gasteiger partial charge in [-0.05, 0) is 50.5 Å². The fraction of sp³-hybridized carbons (Fsp3) is 0.458. The highest BCUT2D eigenvalue weighted by molar-refractivity contribution is 5.89. The minimum atomic E-state index is -0.539. The second-order valence-electron chi connectivity index (χ2n) is 9.31. The van der Waals surface area contributed by atoms with Crippen LogP contribution in [-0.2, 0) is 24.1 Å². The number of benzene rings is 1. The molecule has 2 aliphatic rings. The number of rotatable bonds is 3. The molecular weight excluding hydrogens is 408 g/mol. The Labute approximate surface area is 188 Å². The Balaban J connectivity index is 1.30. The lowest BCUT2D eigenvalue weighted by atomic mass is 9.97. The summed E-state index contributed by atoms with van der Waals surface area (Å²) < 4.78 is 11.3. The molecule has 170 valence electrons. The zero-order valence-corrected chi connectivity index (χ0v) is 18.8. The van der Waals surface area contributed by atoms with Crippen LogP contribution in [0.2, 0.25) is 0 Å². The molecule has 0 radical (unpaired) electrons. The number of anilines is 1. The molecule has 2 aliphatic heterocycles. The number of nitrogens with one attached hydrogen (secondary N) is 2. The molecule has 1 unspecified atom stereocenters. The third kappa shape index (κ3) is 5.49. The number of carbonyl (C=O) groups is 2. The van der Waals surface area contributed by atoms with Gasteiger partial charge >= 0.3 is 12.1 Å². The fourth-order valence-electron chi connectivity index (χ4n) is 3.91. The summed E-state index contributed by atoms with van der Waals surface area (Å²) in [5, 5.41) is 5.77. The Bertz CT molecular complexity index is 1000. The van der Waals surface area contributed by atoms with Crippen LogP contribution in [0.4, 0.5) is 15.3 Å². The van der Waals surface area contributed by atoms with Crippen LogP contribution in [0.25, 0.3) is 0 Å². The Hall–Kier alpha value is -3.29. The van der Waals surface area contributed by atoms with Crippen LogP contribution in [-0.4, -0.2) is 47.3 Å². The molecule has 4 rings (SSSR count). The number of urea groups is 1. The molecule has 2 aromatic rings. The summed E-state index contributed by atoms with van der Waals surface area (Å²) in [7, 11) is 0. The first-order valence-electron chi connectivity index (χ1n) is 11.0. The largest absolute Gasteiger partial charge is 0.493 e. The third-order valence-electron chi connectivity index (χ3n) is 5.46. The number of carbonyl (C=O) groups excluding carboxylic acids is 2. The summed E-state index contributed by atoms with van der Waals surface area (Å²) in [6.07, 6.45) is 2.85. The monoisotopic (exact) mass is 438 g/mol. The first-order valence-corrected chi connectivity index (χ1v) is 11.0. The predicted octanol–water partition coefficient (Wildman–Crippen LogP) is 3.75. The predicted molar refractivity (Wildman–Crippen MR) is 121 cm³/mol. The molecule has 8 heteroatoms. The van der Waals surface area contributed by atoms with Gasteiger partial charge in [-0.25, -0.2) is 9.59 Å². The van der Waals surface area contributed by atoms with Crippen molar-refractivity contribution in [3.8, 4) is 5.75 Å². The number of amides is 3. The number of hydrogen-bond acceptors (Lipinski definition) is 5. The van der Waals surface area contributed by atoms with Crippen molar-refractivity contribution >= 4 is 17.8 Å². The van der Waals surface area contributed by atoms with E-state index in [2.05, 4.69) is 21.7 Å². The number of para-hydroxylation sites is 1. The molecule has 1 aromatic heterocycles. The second kappa shape index (κ2) is 9.06. The Morgan fingerprint density at radius 3 is 2.88 bits per heavy atom. The van der Waals surface area contributed by atoms with Crippen LogP contribution in [0.1, 0.15) is 37.6 Å². The molecule has 0 fully saturated rings. The first kappa shape index (κ1) is 21.9. The van der Waals surface area contributed by atoms with E-state index in [1.54, 1.807) is 11.1 Å². The van der Waals surface area contributed by atoms with Crippen molar-refractivity contribution in [2.24, 2.45) is 5.92 Å². The number of nitrogens with zero attached hydrogens (tertiary/aromatic N) is 2. The summed E-state index contributed by atoms with van der Waals surface area (Å²) in [6, 6.07) is 9.57. The highest BCUT2D eigenvalue weighted by atomic mass is 16.6. The SMILES string of the molecule is CC(C)(C)OC(=O)N1CCc2ncc(NC(=O)NCC3COc4ccccc4C3)cc2C1. The van der Waals surface area contributed by atoms with Gasteiger partial charge in [0, 0.05) is 31.1 Å². The summed E-state index contributed by atoms with van der Waals surface area (Å²) in [5.41, 5.74) is 3.07. The van der Waals surface area contributed by atoms with Crippen LogP contribution in [0, 0.1) is 5.92 Å². The maximum Gasteiger partial charge on any atom is 0.410 e. The van der Waals surface area contributed by atoms with E-state index in [4.69, 9.17) is 9.47 Å². The normalized spacial score (nSPS) is 17.5. The molecule has 0 saturated carbocycles. The molecule has 32 heavy (non-hydrogen) atoms. The molecule has 1 aromatic carbocycles. The summed E-state index contributed by atoms with van der Waals surface area (Å²) >= 11 is 0. The van der Waals surface area contributed by atoms with E-state index in [1.807, 2.05) is 45.0 Å². The standard InChI is InChI=1S/C24H30N4O4/c1-24(2,3)32-23(30)28-9-8-20-18(14-28)11-19(13-25-20)27-22(29)26-12-16-10-17-6-4-5-7-21(17)31-15-16/h4-7,11,13,16H,8-10,12,14-15H2,1-3H3,(H2,26,27,29). The fourth-order valence-corrected chi connectivity index (χ4v) is 3.91. The summed E-state index contributed by atoms with van der Waals surface area (Å²) in [4.78, 5) is 31.0. The molecule has 8 nitrogen and oxygen atoms in total. The van der Waals surface area contributed by atoms with Crippen LogP contribution in [0.15, 0.2) is 36.5 Å². The Kier molecular flexibility index (Phi) is 6.21. The zero-order chi connectivity index (χ0) is 22.7. The number of pyridine rings is 1. The lowest BCUT2D eigenvalue weighted by Gasteiger charge is -2.31. The minimum absolute atomic E-state index is 0.222. The molecule has 0 saturated heterocycles. The molecule has 0 aliphatic carbocycles. The van der Waals surface area contributed by atoms with Gasteiger partial charge in [-0.2, -0.15) is 0 Å². The van der Waals surface area contributed by atoms with Gasteiger partial charge in [0.2, 0.25) is 0 Å². The van der Waals surface area contributed by atoms with Crippen LogP contribution >= 0.6 is 0 Å². The van der Waals surface area contributed by atoms with Crippen molar-refractivity contribution in [2.75, 3.05) is 25.0 Å². The van der Waals surface area contributed by atoms with E-state index < -0.39 is 5.60 Å². The molecule has 0 bridgehead atoms. The maximum absolute atomic E-state index is 12.4. The van der Waals surface area contributed by atoms with E-state index in [0.717, 1.165) is 23.4 Å². The van der Waals surface area contributed by atoms with E-state index in [-0.39, 0.29) is 18.0 Å². The molecule has 1 atom stereocenters. The smallest absolute Gasteiger partial charge is 0.410 e. The lowest BCUT2D eigenvalue weighted by Crippen LogP contribution is -2.40. The number of ether oxygens (including phenoxy) is 2. The second-order valence-corrected chi connectivity index (χ2v) is 9.31. The van der Waals surface area contributed by atoms with Gasteiger partial charge in [0.1, 0.15) is 11.4 Å². The van der Waals surface area contributed by atoms with Gasteiger partial charge < -0.3 is 25.0 Å². The van der Waals surface area contributed by atoms with Crippen molar-refractivity contribution in [1.82, 2.24) is 15.2 Å². The molecule has 3 heterocycles. The first-order chi connectivity index (χ1) is 15.3. The van der Waals surface area contributed by atoms with Gasteiger partial charge in [0.15, 0.2) is 0 Å².